The molecule has 0 atom stereocenters. The summed E-state index contributed by atoms with van der Waals surface area (Å²) in [5, 5.41) is 8.38. The van der Waals surface area contributed by atoms with Crippen molar-refractivity contribution in [1.29, 1.82) is 0 Å². The Bertz CT molecular complexity index is 432. The van der Waals surface area contributed by atoms with Gasteiger partial charge in [0.25, 0.3) is 5.91 Å². The van der Waals surface area contributed by atoms with Crippen LogP contribution in [0.4, 0.5) is 5.69 Å². The number of anilines is 1. The molecule has 0 bridgehead atoms. The van der Waals surface area contributed by atoms with Crippen LogP contribution < -0.4 is 16.0 Å². The molecule has 6 heteroatoms. The zero-order chi connectivity index (χ0) is 14.8. The zero-order valence-corrected chi connectivity index (χ0v) is 11.9. The number of ether oxygens (including phenoxy) is 1. The van der Waals surface area contributed by atoms with Gasteiger partial charge < -0.3 is 20.7 Å². The first-order valence-electron chi connectivity index (χ1n) is 6.49. The number of hydrogen-bond donors (Lipinski definition) is 3. The lowest BCUT2D eigenvalue weighted by molar-refractivity contribution is -0.121. The minimum atomic E-state index is -0.183. The normalized spacial score (nSPS) is 9.90. The van der Waals surface area contributed by atoms with E-state index in [2.05, 4.69) is 16.0 Å². The fourth-order valence-corrected chi connectivity index (χ4v) is 1.56. The second kappa shape index (κ2) is 8.92. The van der Waals surface area contributed by atoms with Gasteiger partial charge in [-0.25, -0.2) is 0 Å². The number of rotatable bonds is 8. The van der Waals surface area contributed by atoms with Crippen LogP contribution in [0.2, 0.25) is 0 Å². The first-order chi connectivity index (χ1) is 9.67. The highest BCUT2D eigenvalue weighted by Crippen LogP contribution is 2.08. The van der Waals surface area contributed by atoms with Crippen LogP contribution in [0.15, 0.2) is 24.3 Å². The highest BCUT2D eigenvalue weighted by Gasteiger charge is 2.06. The van der Waals surface area contributed by atoms with Gasteiger partial charge in [-0.3, -0.25) is 9.59 Å². The number of carbonyl (C=O) groups excluding carboxylic acids is 2. The van der Waals surface area contributed by atoms with Crippen LogP contribution in [-0.2, 0) is 9.53 Å². The van der Waals surface area contributed by atoms with Gasteiger partial charge in [0, 0.05) is 44.9 Å². The van der Waals surface area contributed by atoms with Crippen molar-refractivity contribution in [2.75, 3.05) is 39.2 Å². The van der Waals surface area contributed by atoms with Crippen molar-refractivity contribution in [2.45, 2.75) is 6.42 Å². The van der Waals surface area contributed by atoms with Crippen LogP contribution in [0, 0.1) is 0 Å². The summed E-state index contributed by atoms with van der Waals surface area (Å²) >= 11 is 0. The van der Waals surface area contributed by atoms with E-state index in [4.69, 9.17) is 4.74 Å². The average molecular weight is 279 g/mol. The summed E-state index contributed by atoms with van der Waals surface area (Å²) in [6, 6.07) is 7.12. The maximum absolute atomic E-state index is 11.8. The lowest BCUT2D eigenvalue weighted by Crippen LogP contribution is -2.32. The number of amides is 2. The van der Waals surface area contributed by atoms with E-state index in [-0.39, 0.29) is 18.2 Å². The van der Waals surface area contributed by atoms with Gasteiger partial charge in [-0.05, 0) is 24.3 Å². The summed E-state index contributed by atoms with van der Waals surface area (Å²) in [6.07, 6.45) is 0.254. The molecule has 0 unspecified atom stereocenters. The van der Waals surface area contributed by atoms with E-state index in [1.54, 1.807) is 19.2 Å². The Labute approximate surface area is 118 Å². The maximum Gasteiger partial charge on any atom is 0.251 e. The quantitative estimate of drug-likeness (QED) is 0.609. The first kappa shape index (κ1) is 16.0. The third-order valence-electron chi connectivity index (χ3n) is 2.70. The lowest BCUT2D eigenvalue weighted by Gasteiger charge is -2.07. The van der Waals surface area contributed by atoms with Gasteiger partial charge in [-0.1, -0.05) is 0 Å². The van der Waals surface area contributed by atoms with Crippen LogP contribution in [0.5, 0.6) is 0 Å². The Morgan fingerprint density at radius 1 is 1.10 bits per heavy atom. The lowest BCUT2D eigenvalue weighted by atomic mass is 10.2. The number of hydrogen-bond acceptors (Lipinski definition) is 4. The summed E-state index contributed by atoms with van der Waals surface area (Å²) in [5.74, 6) is -0.287. The molecule has 0 spiro atoms. The van der Waals surface area contributed by atoms with Gasteiger partial charge in [-0.2, -0.15) is 0 Å². The van der Waals surface area contributed by atoms with Crippen molar-refractivity contribution in [3.63, 3.8) is 0 Å². The van der Waals surface area contributed by atoms with Gasteiger partial charge in [-0.15, -0.1) is 0 Å². The molecule has 1 aromatic carbocycles. The van der Waals surface area contributed by atoms with Crippen LogP contribution in [0.1, 0.15) is 16.8 Å². The fourth-order valence-electron chi connectivity index (χ4n) is 1.56. The van der Waals surface area contributed by atoms with Gasteiger partial charge >= 0.3 is 0 Å². The van der Waals surface area contributed by atoms with Gasteiger partial charge in [0.1, 0.15) is 0 Å². The minimum absolute atomic E-state index is 0.104. The molecule has 20 heavy (non-hydrogen) atoms. The van der Waals surface area contributed by atoms with E-state index in [1.165, 1.54) is 0 Å². The number of nitrogens with one attached hydrogen (secondary N) is 3. The van der Waals surface area contributed by atoms with Crippen LogP contribution in [-0.4, -0.2) is 45.7 Å². The first-order valence-corrected chi connectivity index (χ1v) is 6.49. The molecular formula is C14H21N3O3. The van der Waals surface area contributed by atoms with Gasteiger partial charge in [0.15, 0.2) is 0 Å². The highest BCUT2D eigenvalue weighted by atomic mass is 16.5. The Kier molecular flexibility index (Phi) is 7.13. The van der Waals surface area contributed by atoms with Crippen LogP contribution >= 0.6 is 0 Å². The third kappa shape index (κ3) is 5.71. The van der Waals surface area contributed by atoms with Crippen LogP contribution in [0.3, 0.4) is 0 Å². The standard InChI is InChI=1S/C14H21N3O3/c1-15-12-5-3-11(4-6-12)14(19)17-8-7-13(18)16-9-10-20-2/h3-6,15H,7-10H2,1-2H3,(H,16,18)(H,17,19). The zero-order valence-electron chi connectivity index (χ0n) is 11.9. The van der Waals surface area contributed by atoms with E-state index < -0.39 is 0 Å². The number of benzene rings is 1. The van der Waals surface area contributed by atoms with Crippen molar-refractivity contribution in [1.82, 2.24) is 10.6 Å². The molecule has 0 aliphatic heterocycles. The van der Waals surface area contributed by atoms with Gasteiger partial charge in [0.2, 0.25) is 5.91 Å². The average Bonchev–Trinajstić information content (AvgIpc) is 2.47. The Morgan fingerprint density at radius 3 is 2.40 bits per heavy atom. The monoisotopic (exact) mass is 279 g/mol. The molecule has 0 fully saturated rings. The summed E-state index contributed by atoms with van der Waals surface area (Å²) < 4.78 is 4.82. The highest BCUT2D eigenvalue weighted by molar-refractivity contribution is 5.94. The van der Waals surface area contributed by atoms with Crippen LogP contribution in [0.25, 0.3) is 0 Å². The molecule has 0 aliphatic carbocycles. The van der Waals surface area contributed by atoms with E-state index in [1.807, 2.05) is 19.2 Å². The van der Waals surface area contributed by atoms with Crippen molar-refractivity contribution < 1.29 is 14.3 Å². The minimum Gasteiger partial charge on any atom is -0.388 e. The molecule has 0 saturated carbocycles. The van der Waals surface area contributed by atoms with Crippen molar-refractivity contribution in [3.8, 4) is 0 Å². The summed E-state index contributed by atoms with van der Waals surface area (Å²) in [4.78, 5) is 23.2. The Hall–Kier alpha value is -2.08. The smallest absolute Gasteiger partial charge is 0.251 e. The number of carbonyl (C=O) groups is 2. The molecular weight excluding hydrogens is 258 g/mol. The Balaban J connectivity index is 2.27. The van der Waals surface area contributed by atoms with E-state index in [9.17, 15) is 9.59 Å². The molecule has 2 amide bonds. The fraction of sp³-hybridized carbons (Fsp3) is 0.429. The summed E-state index contributed by atoms with van der Waals surface area (Å²) in [6.45, 7) is 1.27. The maximum atomic E-state index is 11.8. The number of methoxy groups -OCH3 is 1. The third-order valence-corrected chi connectivity index (χ3v) is 2.70. The van der Waals surface area contributed by atoms with E-state index >= 15 is 0 Å². The largest absolute Gasteiger partial charge is 0.388 e. The van der Waals surface area contributed by atoms with Crippen molar-refractivity contribution >= 4 is 17.5 Å². The summed E-state index contributed by atoms with van der Waals surface area (Å²) in [5.41, 5.74) is 1.52. The topological polar surface area (TPSA) is 79.5 Å². The molecule has 110 valence electrons. The molecule has 0 radical (unpaired) electrons. The molecule has 0 aromatic heterocycles. The Morgan fingerprint density at radius 2 is 1.80 bits per heavy atom. The van der Waals surface area contributed by atoms with Gasteiger partial charge in [0.05, 0.1) is 6.61 Å². The molecule has 6 nitrogen and oxygen atoms in total. The predicted octanol–water partition coefficient (Wildman–Crippen LogP) is 0.611. The second-order valence-corrected chi connectivity index (χ2v) is 4.18. The molecule has 1 rings (SSSR count). The molecule has 1 aromatic rings. The van der Waals surface area contributed by atoms with E-state index in [0.29, 0.717) is 25.3 Å². The molecule has 0 aliphatic rings. The molecule has 0 saturated heterocycles. The van der Waals surface area contributed by atoms with E-state index in [0.717, 1.165) is 5.69 Å². The van der Waals surface area contributed by atoms with Crippen molar-refractivity contribution in [2.24, 2.45) is 0 Å². The summed E-state index contributed by atoms with van der Waals surface area (Å²) in [7, 11) is 3.39. The SMILES string of the molecule is CNc1ccc(C(=O)NCCC(=O)NCCOC)cc1. The predicted molar refractivity (Wildman–Crippen MR) is 77.8 cm³/mol. The van der Waals surface area contributed by atoms with Crippen molar-refractivity contribution in [3.05, 3.63) is 29.8 Å². The molecule has 0 heterocycles. The second-order valence-electron chi connectivity index (χ2n) is 4.18. The molecule has 3 N–H and O–H groups in total.